The second-order valence-electron chi connectivity index (χ2n) is 6.70. The van der Waals surface area contributed by atoms with Gasteiger partial charge in [0, 0.05) is 26.2 Å². The second kappa shape index (κ2) is 9.28. The molecule has 1 saturated heterocycles. The van der Waals surface area contributed by atoms with Crippen molar-refractivity contribution in [3.63, 3.8) is 0 Å². The fraction of sp³-hybridized carbons (Fsp3) is 0.824. The predicted octanol–water partition coefficient (Wildman–Crippen LogP) is 1.26. The summed E-state index contributed by atoms with van der Waals surface area (Å²) in [6.07, 6.45) is 8.63. The van der Waals surface area contributed by atoms with Gasteiger partial charge in [-0.05, 0) is 46.2 Å². The minimum absolute atomic E-state index is 0.141. The summed E-state index contributed by atoms with van der Waals surface area (Å²) < 4.78 is 5.74. The van der Waals surface area contributed by atoms with Crippen LogP contribution in [-0.4, -0.2) is 75.2 Å². The lowest BCUT2D eigenvalue weighted by Gasteiger charge is -2.33. The number of amides is 1. The molecule has 1 heterocycles. The molecule has 0 aromatic heterocycles. The third-order valence-corrected chi connectivity index (χ3v) is 4.31. The van der Waals surface area contributed by atoms with E-state index in [1.54, 1.807) is 0 Å². The third-order valence-electron chi connectivity index (χ3n) is 4.31. The lowest BCUT2D eigenvalue weighted by molar-refractivity contribution is -0.124. The minimum Gasteiger partial charge on any atom is -0.374 e. The van der Waals surface area contributed by atoms with Crippen LogP contribution in [-0.2, 0) is 9.53 Å². The van der Waals surface area contributed by atoms with Crippen LogP contribution in [0.25, 0.3) is 0 Å². The standard InChI is InChI=1S/C17H31N3O2/c1-19(2)12-16-13-20(10-11-22-16)14-17(21)18-9-8-15-6-4-3-5-7-15/h6,16H,3-5,7-14H2,1-2H3,(H,18,21). The summed E-state index contributed by atoms with van der Waals surface area (Å²) in [7, 11) is 4.10. The first kappa shape index (κ1) is 17.4. The van der Waals surface area contributed by atoms with Gasteiger partial charge in [0.15, 0.2) is 0 Å². The molecule has 22 heavy (non-hydrogen) atoms. The largest absolute Gasteiger partial charge is 0.374 e. The van der Waals surface area contributed by atoms with Crippen molar-refractivity contribution < 1.29 is 9.53 Å². The molecular weight excluding hydrogens is 278 g/mol. The van der Waals surface area contributed by atoms with E-state index >= 15 is 0 Å². The first-order valence-corrected chi connectivity index (χ1v) is 8.57. The highest BCUT2D eigenvalue weighted by atomic mass is 16.5. The van der Waals surface area contributed by atoms with E-state index in [1.165, 1.54) is 31.3 Å². The first-order chi connectivity index (χ1) is 10.6. The zero-order chi connectivity index (χ0) is 15.8. The summed E-state index contributed by atoms with van der Waals surface area (Å²) in [6, 6.07) is 0. The van der Waals surface area contributed by atoms with Crippen molar-refractivity contribution in [1.82, 2.24) is 15.1 Å². The van der Waals surface area contributed by atoms with Crippen molar-refractivity contribution in [2.45, 2.75) is 38.2 Å². The van der Waals surface area contributed by atoms with Crippen molar-refractivity contribution >= 4 is 5.91 Å². The molecule has 5 heteroatoms. The van der Waals surface area contributed by atoms with Gasteiger partial charge < -0.3 is 15.0 Å². The Morgan fingerprint density at radius 3 is 3.05 bits per heavy atom. The highest BCUT2D eigenvalue weighted by molar-refractivity contribution is 5.78. The quantitative estimate of drug-likeness (QED) is 0.719. The van der Waals surface area contributed by atoms with E-state index in [0.29, 0.717) is 6.54 Å². The fourth-order valence-corrected chi connectivity index (χ4v) is 3.19. The minimum atomic E-state index is 0.141. The Balaban J connectivity index is 1.62. The number of ether oxygens (including phenoxy) is 1. The molecule has 1 N–H and O–H groups in total. The van der Waals surface area contributed by atoms with Crippen molar-refractivity contribution in [1.29, 1.82) is 0 Å². The first-order valence-electron chi connectivity index (χ1n) is 8.57. The van der Waals surface area contributed by atoms with Crippen LogP contribution in [0.4, 0.5) is 0 Å². The molecule has 0 saturated carbocycles. The van der Waals surface area contributed by atoms with E-state index < -0.39 is 0 Å². The van der Waals surface area contributed by atoms with Gasteiger partial charge in [-0.25, -0.2) is 0 Å². The Morgan fingerprint density at radius 1 is 1.45 bits per heavy atom. The number of allylic oxidation sites excluding steroid dienone is 1. The van der Waals surface area contributed by atoms with Crippen LogP contribution in [0.1, 0.15) is 32.1 Å². The van der Waals surface area contributed by atoms with E-state index in [-0.39, 0.29) is 12.0 Å². The smallest absolute Gasteiger partial charge is 0.234 e. The molecule has 1 fully saturated rings. The summed E-state index contributed by atoms with van der Waals surface area (Å²) in [6.45, 7) is 4.59. The van der Waals surface area contributed by atoms with Gasteiger partial charge >= 0.3 is 0 Å². The number of morpholine rings is 1. The van der Waals surface area contributed by atoms with Gasteiger partial charge in [-0.15, -0.1) is 0 Å². The number of nitrogens with zero attached hydrogens (tertiary/aromatic N) is 2. The van der Waals surface area contributed by atoms with Gasteiger partial charge in [-0.1, -0.05) is 11.6 Å². The van der Waals surface area contributed by atoms with Crippen molar-refractivity contribution in [3.8, 4) is 0 Å². The monoisotopic (exact) mass is 309 g/mol. The van der Waals surface area contributed by atoms with E-state index in [9.17, 15) is 4.79 Å². The van der Waals surface area contributed by atoms with Gasteiger partial charge in [0.05, 0.1) is 19.3 Å². The van der Waals surface area contributed by atoms with Gasteiger partial charge in [0.2, 0.25) is 5.91 Å². The molecule has 0 aromatic carbocycles. The SMILES string of the molecule is CN(C)CC1CN(CC(=O)NCCC2=CCCCC2)CCO1. The van der Waals surface area contributed by atoms with Crippen molar-refractivity contribution in [2.75, 3.05) is 53.4 Å². The summed E-state index contributed by atoms with van der Waals surface area (Å²) in [5, 5.41) is 3.06. The van der Waals surface area contributed by atoms with Crippen LogP contribution in [0.2, 0.25) is 0 Å². The highest BCUT2D eigenvalue weighted by Crippen LogP contribution is 2.19. The molecule has 2 aliphatic rings. The fourth-order valence-electron chi connectivity index (χ4n) is 3.19. The maximum Gasteiger partial charge on any atom is 0.234 e. The summed E-state index contributed by atoms with van der Waals surface area (Å²) in [5.74, 6) is 0.141. The molecule has 0 spiro atoms. The van der Waals surface area contributed by atoms with Gasteiger partial charge in [0.1, 0.15) is 0 Å². The summed E-state index contributed by atoms with van der Waals surface area (Å²) in [4.78, 5) is 16.4. The lowest BCUT2D eigenvalue weighted by Crippen LogP contribution is -2.49. The zero-order valence-electron chi connectivity index (χ0n) is 14.1. The number of hydrogen-bond donors (Lipinski definition) is 1. The molecule has 0 bridgehead atoms. The normalized spacial score (nSPS) is 23.4. The molecule has 5 nitrogen and oxygen atoms in total. The Kier molecular flexibility index (Phi) is 7.36. The Hall–Kier alpha value is -0.910. The maximum absolute atomic E-state index is 12.1. The molecular formula is C17H31N3O2. The van der Waals surface area contributed by atoms with Gasteiger partial charge in [0.25, 0.3) is 0 Å². The number of rotatable bonds is 7. The molecule has 1 aliphatic carbocycles. The van der Waals surface area contributed by atoms with E-state index in [4.69, 9.17) is 4.74 Å². The Bertz CT molecular complexity index is 382. The number of nitrogens with one attached hydrogen (secondary N) is 1. The average Bonchev–Trinajstić information content (AvgIpc) is 2.48. The number of hydrogen-bond acceptors (Lipinski definition) is 4. The van der Waals surface area contributed by atoms with Crippen LogP contribution in [0.5, 0.6) is 0 Å². The molecule has 126 valence electrons. The van der Waals surface area contributed by atoms with E-state index in [2.05, 4.69) is 35.3 Å². The second-order valence-corrected chi connectivity index (χ2v) is 6.70. The van der Waals surface area contributed by atoms with Crippen LogP contribution in [0, 0.1) is 0 Å². The molecule has 1 aliphatic heterocycles. The summed E-state index contributed by atoms with van der Waals surface area (Å²) in [5.41, 5.74) is 1.52. The van der Waals surface area contributed by atoms with Crippen molar-refractivity contribution in [3.05, 3.63) is 11.6 Å². The molecule has 0 radical (unpaired) electrons. The van der Waals surface area contributed by atoms with Crippen LogP contribution >= 0.6 is 0 Å². The Labute approximate surface area is 134 Å². The van der Waals surface area contributed by atoms with E-state index in [1.807, 2.05) is 0 Å². The molecule has 2 rings (SSSR count). The zero-order valence-corrected chi connectivity index (χ0v) is 14.1. The van der Waals surface area contributed by atoms with Gasteiger partial charge in [-0.3, -0.25) is 9.69 Å². The number of carbonyl (C=O) groups excluding carboxylic acids is 1. The lowest BCUT2D eigenvalue weighted by atomic mass is 9.97. The molecule has 1 amide bonds. The van der Waals surface area contributed by atoms with E-state index in [0.717, 1.165) is 39.2 Å². The maximum atomic E-state index is 12.1. The highest BCUT2D eigenvalue weighted by Gasteiger charge is 2.22. The van der Waals surface area contributed by atoms with Crippen LogP contribution in [0.15, 0.2) is 11.6 Å². The van der Waals surface area contributed by atoms with Gasteiger partial charge in [-0.2, -0.15) is 0 Å². The molecule has 1 atom stereocenters. The van der Waals surface area contributed by atoms with Crippen molar-refractivity contribution in [2.24, 2.45) is 0 Å². The summed E-state index contributed by atoms with van der Waals surface area (Å²) >= 11 is 0. The number of likely N-dealkylation sites (N-methyl/N-ethyl adjacent to an activating group) is 1. The predicted molar refractivity (Wildman–Crippen MR) is 88.9 cm³/mol. The number of carbonyl (C=O) groups is 1. The Morgan fingerprint density at radius 2 is 2.32 bits per heavy atom. The average molecular weight is 309 g/mol. The molecule has 0 aromatic rings. The topological polar surface area (TPSA) is 44.8 Å². The van der Waals surface area contributed by atoms with Crippen LogP contribution in [0.3, 0.4) is 0 Å². The van der Waals surface area contributed by atoms with Crippen LogP contribution < -0.4 is 5.32 Å². The third kappa shape index (κ3) is 6.46. The molecule has 1 unspecified atom stereocenters.